The quantitative estimate of drug-likeness (QED) is 0.851. The van der Waals surface area contributed by atoms with Gasteiger partial charge < -0.3 is 24.4 Å². The van der Waals surface area contributed by atoms with E-state index in [0.29, 0.717) is 19.8 Å². The number of nitrogens with one attached hydrogen (secondary N) is 1. The number of hydrogen-bond acceptors (Lipinski definition) is 4. The first kappa shape index (κ1) is 18.0. The van der Waals surface area contributed by atoms with Gasteiger partial charge in [0.2, 0.25) is 0 Å². The van der Waals surface area contributed by atoms with Gasteiger partial charge in [-0.2, -0.15) is 0 Å². The van der Waals surface area contributed by atoms with Crippen LogP contribution in [0.2, 0.25) is 0 Å². The van der Waals surface area contributed by atoms with Crippen LogP contribution >= 0.6 is 0 Å². The lowest BCUT2D eigenvalue weighted by Crippen LogP contribution is -2.52. The first-order chi connectivity index (χ1) is 11.7. The number of carbonyl (C=O) groups excluding carboxylic acids is 1. The number of carbonyl (C=O) groups is 1. The minimum Gasteiger partial charge on any atom is -0.381 e. The maximum absolute atomic E-state index is 12.5. The van der Waals surface area contributed by atoms with E-state index in [4.69, 9.17) is 14.2 Å². The highest BCUT2D eigenvalue weighted by Gasteiger charge is 2.34. The Labute approximate surface area is 145 Å². The summed E-state index contributed by atoms with van der Waals surface area (Å²) in [6.45, 7) is 5.56. The van der Waals surface area contributed by atoms with Gasteiger partial charge >= 0.3 is 6.03 Å². The summed E-state index contributed by atoms with van der Waals surface area (Å²) in [5, 5.41) is 3.09. The fraction of sp³-hybridized carbons (Fsp3) is 0.944. The molecule has 2 amide bonds. The molecule has 1 N–H and O–H groups in total. The summed E-state index contributed by atoms with van der Waals surface area (Å²) in [6.07, 6.45) is 6.32. The molecular formula is C18H32N2O4. The Morgan fingerprint density at radius 1 is 1.04 bits per heavy atom. The van der Waals surface area contributed by atoms with Crippen LogP contribution in [-0.2, 0) is 14.2 Å². The standard InChI is InChI=1S/C18H32N2O4/c1-22-18(6-12-24-13-7-18)14-19-17(21)20-8-2-15(3-9-20)16-4-10-23-11-5-16/h15-16H,2-14H2,1H3,(H,19,21). The molecule has 0 aromatic heterocycles. The number of rotatable bonds is 4. The first-order valence-electron chi connectivity index (χ1n) is 9.46. The van der Waals surface area contributed by atoms with Crippen molar-refractivity contribution in [2.24, 2.45) is 11.8 Å². The van der Waals surface area contributed by atoms with Gasteiger partial charge in [-0.3, -0.25) is 0 Å². The van der Waals surface area contributed by atoms with Crippen LogP contribution in [-0.4, -0.2) is 69.7 Å². The van der Waals surface area contributed by atoms with Gasteiger partial charge in [-0.15, -0.1) is 0 Å². The second-order valence-corrected chi connectivity index (χ2v) is 7.43. The molecule has 0 unspecified atom stereocenters. The van der Waals surface area contributed by atoms with E-state index in [1.165, 1.54) is 12.8 Å². The molecule has 138 valence electrons. The molecule has 3 aliphatic rings. The molecule has 0 saturated carbocycles. The third kappa shape index (κ3) is 4.41. The van der Waals surface area contributed by atoms with Crippen molar-refractivity contribution in [3.63, 3.8) is 0 Å². The van der Waals surface area contributed by atoms with Gasteiger partial charge in [-0.1, -0.05) is 0 Å². The predicted octanol–water partition coefficient (Wildman–Crippen LogP) is 2.03. The lowest BCUT2D eigenvalue weighted by Gasteiger charge is -2.39. The summed E-state index contributed by atoms with van der Waals surface area (Å²) in [5.74, 6) is 1.56. The number of piperidine rings is 1. The number of amides is 2. The molecule has 0 atom stereocenters. The smallest absolute Gasteiger partial charge is 0.317 e. The predicted molar refractivity (Wildman–Crippen MR) is 91.0 cm³/mol. The summed E-state index contributed by atoms with van der Waals surface area (Å²) in [7, 11) is 1.73. The molecule has 0 aliphatic carbocycles. The topological polar surface area (TPSA) is 60.0 Å². The van der Waals surface area contributed by atoms with Crippen molar-refractivity contribution < 1.29 is 19.0 Å². The van der Waals surface area contributed by atoms with Gasteiger partial charge in [0, 0.05) is 66.0 Å². The first-order valence-corrected chi connectivity index (χ1v) is 9.46. The second-order valence-electron chi connectivity index (χ2n) is 7.43. The van der Waals surface area contributed by atoms with Crippen LogP contribution in [0.5, 0.6) is 0 Å². The van der Waals surface area contributed by atoms with Gasteiger partial charge in [0.15, 0.2) is 0 Å². The van der Waals surface area contributed by atoms with Crippen molar-refractivity contribution in [3.8, 4) is 0 Å². The van der Waals surface area contributed by atoms with Crippen LogP contribution in [0.25, 0.3) is 0 Å². The molecule has 3 heterocycles. The number of ether oxygens (including phenoxy) is 3. The minimum atomic E-state index is -0.256. The van der Waals surface area contributed by atoms with E-state index in [9.17, 15) is 4.79 Å². The second kappa shape index (κ2) is 8.50. The fourth-order valence-corrected chi connectivity index (χ4v) is 4.31. The Balaban J connectivity index is 1.41. The Kier molecular flexibility index (Phi) is 6.36. The van der Waals surface area contributed by atoms with Crippen molar-refractivity contribution in [3.05, 3.63) is 0 Å². The van der Waals surface area contributed by atoms with Crippen molar-refractivity contribution in [1.82, 2.24) is 10.2 Å². The maximum atomic E-state index is 12.5. The van der Waals surface area contributed by atoms with Crippen molar-refractivity contribution in [2.75, 3.05) is 53.2 Å². The van der Waals surface area contributed by atoms with Crippen LogP contribution < -0.4 is 5.32 Å². The minimum absolute atomic E-state index is 0.0587. The lowest BCUT2D eigenvalue weighted by molar-refractivity contribution is -0.0865. The third-order valence-corrected chi connectivity index (χ3v) is 6.16. The molecule has 3 fully saturated rings. The summed E-state index contributed by atoms with van der Waals surface area (Å²) in [5.41, 5.74) is -0.256. The van der Waals surface area contributed by atoms with Crippen molar-refractivity contribution in [2.45, 2.75) is 44.1 Å². The van der Waals surface area contributed by atoms with Gasteiger partial charge in [0.1, 0.15) is 0 Å². The van der Waals surface area contributed by atoms with E-state index < -0.39 is 0 Å². The summed E-state index contributed by atoms with van der Waals surface area (Å²) < 4.78 is 16.6. The number of urea groups is 1. The molecule has 24 heavy (non-hydrogen) atoms. The normalized spacial score (nSPS) is 26.3. The van der Waals surface area contributed by atoms with Crippen molar-refractivity contribution in [1.29, 1.82) is 0 Å². The van der Waals surface area contributed by atoms with E-state index in [-0.39, 0.29) is 11.6 Å². The molecule has 3 saturated heterocycles. The van der Waals surface area contributed by atoms with Gasteiger partial charge in [-0.05, 0) is 37.5 Å². The number of nitrogens with zero attached hydrogens (tertiary/aromatic N) is 1. The van der Waals surface area contributed by atoms with Crippen LogP contribution in [0.3, 0.4) is 0 Å². The molecular weight excluding hydrogens is 308 g/mol. The molecule has 0 aromatic rings. The van der Waals surface area contributed by atoms with Gasteiger partial charge in [-0.25, -0.2) is 4.79 Å². The zero-order valence-corrected chi connectivity index (χ0v) is 14.9. The zero-order chi connectivity index (χ0) is 16.8. The summed E-state index contributed by atoms with van der Waals surface area (Å²) >= 11 is 0. The van der Waals surface area contributed by atoms with Crippen LogP contribution in [0.4, 0.5) is 4.79 Å². The van der Waals surface area contributed by atoms with Crippen LogP contribution in [0, 0.1) is 11.8 Å². The largest absolute Gasteiger partial charge is 0.381 e. The van der Waals surface area contributed by atoms with Gasteiger partial charge in [0.05, 0.1) is 5.60 Å². The highest BCUT2D eigenvalue weighted by atomic mass is 16.5. The Bertz CT molecular complexity index is 398. The third-order valence-electron chi connectivity index (χ3n) is 6.16. The monoisotopic (exact) mass is 340 g/mol. The number of likely N-dealkylation sites (tertiary alicyclic amines) is 1. The Hall–Kier alpha value is -0.850. The number of methoxy groups -OCH3 is 1. The van der Waals surface area contributed by atoms with E-state index in [1.807, 2.05) is 4.90 Å². The Morgan fingerprint density at radius 3 is 2.25 bits per heavy atom. The van der Waals surface area contributed by atoms with E-state index in [0.717, 1.165) is 63.8 Å². The van der Waals surface area contributed by atoms with E-state index >= 15 is 0 Å². The van der Waals surface area contributed by atoms with Crippen LogP contribution in [0.1, 0.15) is 38.5 Å². The van der Waals surface area contributed by atoms with Crippen molar-refractivity contribution >= 4 is 6.03 Å². The molecule has 0 radical (unpaired) electrons. The fourth-order valence-electron chi connectivity index (χ4n) is 4.31. The Morgan fingerprint density at radius 2 is 1.62 bits per heavy atom. The highest BCUT2D eigenvalue weighted by molar-refractivity contribution is 5.74. The van der Waals surface area contributed by atoms with E-state index in [2.05, 4.69) is 5.32 Å². The maximum Gasteiger partial charge on any atom is 0.317 e. The molecule has 0 bridgehead atoms. The average Bonchev–Trinajstić information content (AvgIpc) is 2.68. The summed E-state index contributed by atoms with van der Waals surface area (Å²) in [6, 6.07) is 0.0587. The molecule has 3 rings (SSSR count). The number of hydrogen-bond donors (Lipinski definition) is 1. The lowest BCUT2D eigenvalue weighted by atomic mass is 9.80. The molecule has 0 aromatic carbocycles. The SMILES string of the molecule is COC1(CNC(=O)N2CCC(C3CCOCC3)CC2)CCOCC1. The average molecular weight is 340 g/mol. The van der Waals surface area contributed by atoms with E-state index in [1.54, 1.807) is 7.11 Å². The molecule has 3 aliphatic heterocycles. The molecule has 0 spiro atoms. The zero-order valence-electron chi connectivity index (χ0n) is 14.9. The van der Waals surface area contributed by atoms with Crippen LogP contribution in [0.15, 0.2) is 0 Å². The molecule has 6 heteroatoms. The summed E-state index contributed by atoms with van der Waals surface area (Å²) in [4.78, 5) is 14.5. The molecule has 6 nitrogen and oxygen atoms in total. The highest BCUT2D eigenvalue weighted by Crippen LogP contribution is 2.31. The van der Waals surface area contributed by atoms with Gasteiger partial charge in [0.25, 0.3) is 0 Å².